The molecule has 0 aliphatic heterocycles. The molecule has 0 saturated heterocycles. The molecule has 0 atom stereocenters. The summed E-state index contributed by atoms with van der Waals surface area (Å²) in [6.45, 7) is 2.43. The third kappa shape index (κ3) is 5.06. The minimum Gasteiger partial charge on any atom is -0.493 e. The lowest BCUT2D eigenvalue weighted by Crippen LogP contribution is -2.12. The van der Waals surface area contributed by atoms with Crippen molar-refractivity contribution >= 4 is 39.1 Å². The summed E-state index contributed by atoms with van der Waals surface area (Å²) < 4.78 is 12.0. The Labute approximate surface area is 177 Å². The van der Waals surface area contributed by atoms with E-state index in [0.717, 1.165) is 5.56 Å². The normalized spacial score (nSPS) is 10.4. The molecule has 144 valence electrons. The van der Waals surface area contributed by atoms with E-state index in [1.54, 1.807) is 43.5 Å². The second kappa shape index (κ2) is 9.13. The molecule has 1 amide bonds. The molecule has 4 nitrogen and oxygen atoms in total. The number of carbonyl (C=O) groups excluding carboxylic acids is 1. The van der Waals surface area contributed by atoms with Crippen LogP contribution in [0.4, 0.5) is 5.69 Å². The summed E-state index contributed by atoms with van der Waals surface area (Å²) in [5.41, 5.74) is 3.29. The third-order valence-electron chi connectivity index (χ3n) is 4.08. The first-order valence-corrected chi connectivity index (χ1v) is 9.76. The molecule has 1 N–H and O–H groups in total. The number of halogens is 2. The van der Waals surface area contributed by atoms with Crippen molar-refractivity contribution < 1.29 is 14.3 Å². The van der Waals surface area contributed by atoms with Gasteiger partial charge in [0.15, 0.2) is 11.5 Å². The monoisotopic (exact) mass is 459 g/mol. The standard InChI is InChI=1S/C22H19BrClNO3/c1-14-6-8-15(9-7-14)13-28-21-19(23)10-16(11-20(21)27-2)22(26)25-18-5-3-4-17(24)12-18/h3-12H,13H2,1-2H3,(H,25,26). The average Bonchev–Trinajstić information content (AvgIpc) is 2.67. The molecule has 0 radical (unpaired) electrons. The van der Waals surface area contributed by atoms with Gasteiger partial charge in [0, 0.05) is 16.3 Å². The summed E-state index contributed by atoms with van der Waals surface area (Å²) in [6, 6.07) is 18.4. The number of anilines is 1. The maximum Gasteiger partial charge on any atom is 0.255 e. The fourth-order valence-electron chi connectivity index (χ4n) is 2.60. The lowest BCUT2D eigenvalue weighted by atomic mass is 10.1. The smallest absolute Gasteiger partial charge is 0.255 e. The van der Waals surface area contributed by atoms with Crippen LogP contribution in [-0.4, -0.2) is 13.0 Å². The Morgan fingerprint density at radius 3 is 2.54 bits per heavy atom. The number of benzene rings is 3. The Morgan fingerprint density at radius 1 is 1.11 bits per heavy atom. The van der Waals surface area contributed by atoms with Gasteiger partial charge in [-0.2, -0.15) is 0 Å². The van der Waals surface area contributed by atoms with Crippen LogP contribution in [0, 0.1) is 6.92 Å². The molecule has 0 fully saturated rings. The summed E-state index contributed by atoms with van der Waals surface area (Å²) >= 11 is 9.45. The van der Waals surface area contributed by atoms with E-state index in [1.165, 1.54) is 5.56 Å². The Hall–Kier alpha value is -2.50. The van der Waals surface area contributed by atoms with Crippen LogP contribution < -0.4 is 14.8 Å². The van der Waals surface area contributed by atoms with E-state index in [9.17, 15) is 4.79 Å². The van der Waals surface area contributed by atoms with E-state index in [1.807, 2.05) is 31.2 Å². The lowest BCUT2D eigenvalue weighted by molar-refractivity contribution is 0.102. The molecule has 0 aliphatic rings. The van der Waals surface area contributed by atoms with Crippen molar-refractivity contribution in [1.82, 2.24) is 0 Å². The topological polar surface area (TPSA) is 47.6 Å². The summed E-state index contributed by atoms with van der Waals surface area (Å²) in [7, 11) is 1.54. The van der Waals surface area contributed by atoms with E-state index >= 15 is 0 Å². The van der Waals surface area contributed by atoms with Gasteiger partial charge in [0.25, 0.3) is 5.91 Å². The fourth-order valence-corrected chi connectivity index (χ4v) is 3.35. The fraction of sp³-hybridized carbons (Fsp3) is 0.136. The maximum atomic E-state index is 12.6. The number of hydrogen-bond donors (Lipinski definition) is 1. The quantitative estimate of drug-likeness (QED) is 0.473. The number of rotatable bonds is 6. The van der Waals surface area contributed by atoms with Crippen LogP contribution in [0.25, 0.3) is 0 Å². The molecule has 0 unspecified atom stereocenters. The molecule has 0 aliphatic carbocycles. The number of methoxy groups -OCH3 is 1. The van der Waals surface area contributed by atoms with Crippen LogP contribution in [0.5, 0.6) is 11.5 Å². The Bertz CT molecular complexity index is 990. The number of hydrogen-bond acceptors (Lipinski definition) is 3. The minimum atomic E-state index is -0.272. The maximum absolute atomic E-state index is 12.6. The van der Waals surface area contributed by atoms with Gasteiger partial charge in [0.05, 0.1) is 11.6 Å². The van der Waals surface area contributed by atoms with Crippen molar-refractivity contribution in [1.29, 1.82) is 0 Å². The van der Waals surface area contributed by atoms with Gasteiger partial charge in [-0.1, -0.05) is 47.5 Å². The van der Waals surface area contributed by atoms with Crippen LogP contribution in [0.15, 0.2) is 65.1 Å². The van der Waals surface area contributed by atoms with Gasteiger partial charge < -0.3 is 14.8 Å². The Morgan fingerprint density at radius 2 is 1.86 bits per heavy atom. The van der Waals surface area contributed by atoms with Crippen molar-refractivity contribution in [3.8, 4) is 11.5 Å². The van der Waals surface area contributed by atoms with Crippen LogP contribution >= 0.6 is 27.5 Å². The molecule has 0 bridgehead atoms. The molecular weight excluding hydrogens is 442 g/mol. The lowest BCUT2D eigenvalue weighted by Gasteiger charge is -2.15. The average molecular weight is 461 g/mol. The van der Waals surface area contributed by atoms with Crippen molar-refractivity contribution in [3.63, 3.8) is 0 Å². The summed E-state index contributed by atoms with van der Waals surface area (Å²) in [6.07, 6.45) is 0. The minimum absolute atomic E-state index is 0.272. The van der Waals surface area contributed by atoms with Gasteiger partial charge in [-0.15, -0.1) is 0 Å². The molecule has 0 spiro atoms. The Balaban J connectivity index is 1.78. The molecular formula is C22H19BrClNO3. The number of aryl methyl sites for hydroxylation is 1. The summed E-state index contributed by atoms with van der Waals surface area (Å²) in [5.74, 6) is 0.742. The Kier molecular flexibility index (Phi) is 6.60. The number of carbonyl (C=O) groups is 1. The SMILES string of the molecule is COc1cc(C(=O)Nc2cccc(Cl)c2)cc(Br)c1OCc1ccc(C)cc1. The summed E-state index contributed by atoms with van der Waals surface area (Å²) in [5, 5.41) is 3.37. The van der Waals surface area contributed by atoms with Crippen LogP contribution in [0.1, 0.15) is 21.5 Å². The third-order valence-corrected chi connectivity index (χ3v) is 4.90. The molecule has 3 aromatic rings. The highest BCUT2D eigenvalue weighted by molar-refractivity contribution is 9.10. The van der Waals surface area contributed by atoms with Gasteiger partial charge >= 0.3 is 0 Å². The van der Waals surface area contributed by atoms with Crippen LogP contribution in [-0.2, 0) is 6.61 Å². The first-order chi connectivity index (χ1) is 13.5. The number of amides is 1. The van der Waals surface area contributed by atoms with Gasteiger partial charge in [-0.05, 0) is 58.7 Å². The zero-order valence-corrected chi connectivity index (χ0v) is 17.8. The van der Waals surface area contributed by atoms with Gasteiger partial charge in [-0.3, -0.25) is 4.79 Å². The van der Waals surface area contributed by atoms with Gasteiger partial charge in [0.1, 0.15) is 6.61 Å². The predicted molar refractivity (Wildman–Crippen MR) is 116 cm³/mol. The van der Waals surface area contributed by atoms with E-state index < -0.39 is 0 Å². The van der Waals surface area contributed by atoms with E-state index in [2.05, 4.69) is 21.2 Å². The van der Waals surface area contributed by atoms with Crippen LogP contribution in [0.3, 0.4) is 0 Å². The van der Waals surface area contributed by atoms with Crippen molar-refractivity contribution in [2.45, 2.75) is 13.5 Å². The zero-order valence-electron chi connectivity index (χ0n) is 15.5. The number of nitrogens with one attached hydrogen (secondary N) is 1. The van der Waals surface area contributed by atoms with Crippen LogP contribution in [0.2, 0.25) is 5.02 Å². The van der Waals surface area contributed by atoms with Crippen molar-refractivity contribution in [2.75, 3.05) is 12.4 Å². The van der Waals surface area contributed by atoms with E-state index in [0.29, 0.717) is 38.9 Å². The first kappa shape index (κ1) is 20.2. The van der Waals surface area contributed by atoms with Gasteiger partial charge in [-0.25, -0.2) is 0 Å². The molecule has 3 rings (SSSR count). The van der Waals surface area contributed by atoms with E-state index in [-0.39, 0.29) is 5.91 Å². The summed E-state index contributed by atoms with van der Waals surface area (Å²) in [4.78, 5) is 12.6. The largest absolute Gasteiger partial charge is 0.493 e. The second-order valence-corrected chi connectivity index (χ2v) is 7.52. The molecule has 6 heteroatoms. The van der Waals surface area contributed by atoms with Crippen molar-refractivity contribution in [3.05, 3.63) is 86.8 Å². The molecule has 0 saturated carbocycles. The van der Waals surface area contributed by atoms with Gasteiger partial charge in [0.2, 0.25) is 0 Å². The highest BCUT2D eigenvalue weighted by atomic mass is 79.9. The highest BCUT2D eigenvalue weighted by Gasteiger charge is 2.16. The second-order valence-electron chi connectivity index (χ2n) is 6.23. The van der Waals surface area contributed by atoms with Crippen molar-refractivity contribution in [2.24, 2.45) is 0 Å². The molecule has 0 heterocycles. The first-order valence-electron chi connectivity index (χ1n) is 8.59. The molecule has 28 heavy (non-hydrogen) atoms. The predicted octanol–water partition coefficient (Wildman–Crippen LogP) is 6.25. The van der Waals surface area contributed by atoms with E-state index in [4.69, 9.17) is 21.1 Å². The molecule has 0 aromatic heterocycles. The highest BCUT2D eigenvalue weighted by Crippen LogP contribution is 2.37. The number of ether oxygens (including phenoxy) is 2. The molecule has 3 aromatic carbocycles. The zero-order chi connectivity index (χ0) is 20.1.